The Labute approximate surface area is 190 Å². The van der Waals surface area contributed by atoms with Crippen molar-refractivity contribution in [2.75, 3.05) is 6.61 Å². The second-order valence-electron chi connectivity index (χ2n) is 7.99. The highest BCUT2D eigenvalue weighted by Gasteiger charge is 2.48. The molecule has 1 aromatic rings. The Bertz CT molecular complexity index is 824. The number of carboxylic acid groups (broad SMARTS) is 1. The first-order valence-corrected chi connectivity index (χ1v) is 10.6. The minimum Gasteiger partial charge on any atom is -0.479 e. The molecule has 5 N–H and O–H groups in total. The zero-order valence-electron chi connectivity index (χ0n) is 18.4. The van der Waals surface area contributed by atoms with Gasteiger partial charge in [-0.15, -0.1) is 0 Å². The van der Waals surface area contributed by atoms with Gasteiger partial charge in [-0.3, -0.25) is 0 Å². The monoisotopic (exact) mass is 470 g/mol. The highest BCUT2D eigenvalue weighted by molar-refractivity contribution is 6.03. The number of aliphatic hydroxyl groups excluding tert-OH is 4. The van der Waals surface area contributed by atoms with Gasteiger partial charge in [0.25, 0.3) is 0 Å². The number of hydrogen-bond acceptors (Lipinski definition) is 10. The highest BCUT2D eigenvalue weighted by Crippen LogP contribution is 2.24. The fraction of sp³-hybridized carbons (Fsp3) is 0.591. The quantitative estimate of drug-likeness (QED) is 0.292. The molecule has 184 valence electrons. The lowest BCUT2D eigenvalue weighted by Crippen LogP contribution is -2.60. The molecule has 7 atom stereocenters. The van der Waals surface area contributed by atoms with E-state index in [0.717, 1.165) is 6.42 Å². The number of hydrogen-bond donors (Lipinski definition) is 5. The molecule has 1 fully saturated rings. The SMILES string of the molecule is CCC(CCC(C)O)COC(=O)c1ccccc1C(=O)O[C@@H]1O[C@H](C(=O)O)[C@@H](O)[C@H](O)[C@H]1O. The molecule has 0 amide bonds. The highest BCUT2D eigenvalue weighted by atomic mass is 16.7. The van der Waals surface area contributed by atoms with Crippen LogP contribution in [0.3, 0.4) is 0 Å². The van der Waals surface area contributed by atoms with Gasteiger partial charge in [-0.25, -0.2) is 14.4 Å². The van der Waals surface area contributed by atoms with E-state index in [4.69, 9.17) is 19.3 Å². The Hall–Kier alpha value is -2.57. The van der Waals surface area contributed by atoms with Crippen molar-refractivity contribution in [3.05, 3.63) is 35.4 Å². The van der Waals surface area contributed by atoms with Crippen LogP contribution >= 0.6 is 0 Å². The van der Waals surface area contributed by atoms with Gasteiger partial charge in [0, 0.05) is 0 Å². The van der Waals surface area contributed by atoms with Gasteiger partial charge in [0.2, 0.25) is 6.29 Å². The summed E-state index contributed by atoms with van der Waals surface area (Å²) in [4.78, 5) is 36.5. The molecule has 11 heteroatoms. The fourth-order valence-corrected chi connectivity index (χ4v) is 3.31. The molecule has 11 nitrogen and oxygen atoms in total. The number of rotatable bonds is 10. The predicted octanol–water partition coefficient (Wildman–Crippen LogP) is 0.0796. The van der Waals surface area contributed by atoms with E-state index in [2.05, 4.69) is 0 Å². The molecule has 0 saturated carbocycles. The third-order valence-corrected chi connectivity index (χ3v) is 5.42. The summed E-state index contributed by atoms with van der Waals surface area (Å²) in [6.45, 7) is 3.68. The van der Waals surface area contributed by atoms with Crippen LogP contribution in [0.15, 0.2) is 24.3 Å². The summed E-state index contributed by atoms with van der Waals surface area (Å²) in [7, 11) is 0. The van der Waals surface area contributed by atoms with Gasteiger partial charge in [-0.05, 0) is 37.8 Å². The van der Waals surface area contributed by atoms with Crippen LogP contribution < -0.4 is 0 Å². The lowest BCUT2D eigenvalue weighted by molar-refractivity contribution is -0.278. The normalized spacial score (nSPS) is 26.8. The Morgan fingerprint density at radius 1 is 1.00 bits per heavy atom. The van der Waals surface area contributed by atoms with E-state index in [0.29, 0.717) is 12.8 Å². The molecule has 2 unspecified atom stereocenters. The van der Waals surface area contributed by atoms with Crippen LogP contribution in [0.2, 0.25) is 0 Å². The first-order valence-electron chi connectivity index (χ1n) is 10.6. The first kappa shape index (κ1) is 26.7. The lowest BCUT2D eigenvalue weighted by Gasteiger charge is -2.37. The van der Waals surface area contributed by atoms with Crippen LogP contribution in [0.1, 0.15) is 53.8 Å². The molecule has 0 radical (unpaired) electrons. The molecule has 33 heavy (non-hydrogen) atoms. The van der Waals surface area contributed by atoms with Crippen LogP contribution in [0.4, 0.5) is 0 Å². The van der Waals surface area contributed by atoms with Gasteiger partial charge >= 0.3 is 17.9 Å². The van der Waals surface area contributed by atoms with E-state index in [9.17, 15) is 34.8 Å². The smallest absolute Gasteiger partial charge is 0.341 e. The van der Waals surface area contributed by atoms with Crippen LogP contribution in [0.25, 0.3) is 0 Å². The molecule has 1 aliphatic rings. The molecule has 0 spiro atoms. The lowest BCUT2D eigenvalue weighted by atomic mass is 9.99. The standard InChI is InChI=1S/C22H30O11/c1-3-12(9-8-11(2)23)10-31-20(29)13-6-4-5-7-14(13)21(30)33-22-17(26)15(24)16(25)18(32-22)19(27)28/h4-7,11-12,15-18,22-26H,3,8-10H2,1-2H3,(H,27,28)/t11?,12?,15-,16-,17+,18-,22-/m0/s1. The number of aliphatic carboxylic acids is 1. The van der Waals surface area contributed by atoms with Crippen molar-refractivity contribution in [3.8, 4) is 0 Å². The van der Waals surface area contributed by atoms with Crippen LogP contribution in [0, 0.1) is 5.92 Å². The Morgan fingerprint density at radius 3 is 2.15 bits per heavy atom. The minimum absolute atomic E-state index is 0.0225. The number of aliphatic hydroxyl groups is 4. The first-order chi connectivity index (χ1) is 15.6. The van der Waals surface area contributed by atoms with Crippen LogP contribution in [-0.2, 0) is 19.0 Å². The summed E-state index contributed by atoms with van der Waals surface area (Å²) < 4.78 is 15.3. The average Bonchev–Trinajstić information content (AvgIpc) is 2.78. The number of carbonyl (C=O) groups is 3. The maximum absolute atomic E-state index is 12.7. The van der Waals surface area contributed by atoms with Gasteiger partial charge in [-0.2, -0.15) is 0 Å². The van der Waals surface area contributed by atoms with Gasteiger partial charge in [-0.1, -0.05) is 25.5 Å². The number of esters is 2. The molecule has 0 aliphatic carbocycles. The van der Waals surface area contributed by atoms with Crippen molar-refractivity contribution in [1.29, 1.82) is 0 Å². The zero-order valence-corrected chi connectivity index (χ0v) is 18.4. The molecular formula is C22H30O11. The zero-order chi connectivity index (χ0) is 24.7. The van der Waals surface area contributed by atoms with Gasteiger partial charge in [0.15, 0.2) is 6.10 Å². The number of ether oxygens (including phenoxy) is 3. The van der Waals surface area contributed by atoms with E-state index >= 15 is 0 Å². The van der Waals surface area contributed by atoms with E-state index < -0.39 is 54.7 Å². The van der Waals surface area contributed by atoms with E-state index in [-0.39, 0.29) is 23.7 Å². The summed E-state index contributed by atoms with van der Waals surface area (Å²) in [5, 5.41) is 48.1. The van der Waals surface area contributed by atoms with Crippen LogP contribution in [-0.4, -0.2) is 86.9 Å². The van der Waals surface area contributed by atoms with Crippen molar-refractivity contribution in [3.63, 3.8) is 0 Å². The maximum atomic E-state index is 12.7. The Balaban J connectivity index is 2.10. The van der Waals surface area contributed by atoms with E-state index in [1.54, 1.807) is 6.92 Å². The molecular weight excluding hydrogens is 440 g/mol. The maximum Gasteiger partial charge on any atom is 0.341 e. The average molecular weight is 470 g/mol. The van der Waals surface area contributed by atoms with Crippen molar-refractivity contribution in [2.24, 2.45) is 5.92 Å². The number of carboxylic acids is 1. The third kappa shape index (κ3) is 6.95. The second-order valence-corrected chi connectivity index (χ2v) is 7.99. The summed E-state index contributed by atoms with van der Waals surface area (Å²) in [6.07, 6.45) is -8.16. The van der Waals surface area contributed by atoms with Crippen molar-refractivity contribution < 1.29 is 54.1 Å². The second kappa shape index (κ2) is 12.1. The van der Waals surface area contributed by atoms with Crippen LogP contribution in [0.5, 0.6) is 0 Å². The number of benzene rings is 1. The number of carbonyl (C=O) groups excluding carboxylic acids is 2. The molecule has 0 aromatic heterocycles. The predicted molar refractivity (Wildman–Crippen MR) is 111 cm³/mol. The Morgan fingerprint density at radius 2 is 1.61 bits per heavy atom. The Kier molecular flexibility index (Phi) is 9.74. The molecule has 1 aromatic carbocycles. The largest absolute Gasteiger partial charge is 0.479 e. The van der Waals surface area contributed by atoms with Gasteiger partial charge in [0.1, 0.15) is 18.3 Å². The van der Waals surface area contributed by atoms with E-state index in [1.165, 1.54) is 24.3 Å². The van der Waals surface area contributed by atoms with Crippen molar-refractivity contribution >= 4 is 17.9 Å². The molecule has 2 rings (SSSR count). The van der Waals surface area contributed by atoms with Crippen molar-refractivity contribution in [2.45, 2.75) is 69.9 Å². The summed E-state index contributed by atoms with van der Waals surface area (Å²) in [5.41, 5.74) is -0.337. The summed E-state index contributed by atoms with van der Waals surface area (Å²) >= 11 is 0. The molecule has 0 bridgehead atoms. The third-order valence-electron chi connectivity index (χ3n) is 5.42. The fourth-order valence-electron chi connectivity index (χ4n) is 3.31. The van der Waals surface area contributed by atoms with Gasteiger partial charge in [0.05, 0.1) is 23.8 Å². The molecule has 1 heterocycles. The van der Waals surface area contributed by atoms with Gasteiger partial charge < -0.3 is 39.7 Å². The minimum atomic E-state index is -1.94. The summed E-state index contributed by atoms with van der Waals surface area (Å²) in [5.74, 6) is -3.52. The van der Waals surface area contributed by atoms with E-state index in [1.807, 2.05) is 6.92 Å². The molecule has 1 aliphatic heterocycles. The topological polar surface area (TPSA) is 180 Å². The summed E-state index contributed by atoms with van der Waals surface area (Å²) in [6, 6.07) is 5.58. The van der Waals surface area contributed by atoms with Crippen molar-refractivity contribution in [1.82, 2.24) is 0 Å². The molecule has 1 saturated heterocycles.